The zero-order valence-electron chi connectivity index (χ0n) is 33.4. The van der Waals surface area contributed by atoms with Crippen molar-refractivity contribution in [1.29, 1.82) is 0 Å². The van der Waals surface area contributed by atoms with Crippen molar-refractivity contribution in [2.75, 3.05) is 14.7 Å². The van der Waals surface area contributed by atoms with Gasteiger partial charge in [-0.1, -0.05) is 84.9 Å². The molecule has 0 atom stereocenters. The van der Waals surface area contributed by atoms with Crippen LogP contribution in [0.5, 0.6) is 28.7 Å². The Kier molecular flexibility index (Phi) is 8.55. The highest BCUT2D eigenvalue weighted by molar-refractivity contribution is 6.00. The molecule has 10 heteroatoms. The van der Waals surface area contributed by atoms with Crippen molar-refractivity contribution in [3.8, 4) is 40.1 Å². The van der Waals surface area contributed by atoms with E-state index in [1.54, 1.807) is 17.3 Å². The minimum Gasteiger partial charge on any atom is -0.503 e. The number of nitrogens with zero attached hydrogens (tertiary/aromatic N) is 5. The fraction of sp³-hybridized carbons (Fsp3) is 0.0189. The van der Waals surface area contributed by atoms with Crippen LogP contribution in [0.1, 0.15) is 22.3 Å². The summed E-state index contributed by atoms with van der Waals surface area (Å²) in [7, 11) is 0. The van der Waals surface area contributed by atoms with Crippen LogP contribution in [0.2, 0.25) is 0 Å². The predicted molar refractivity (Wildman–Crippen MR) is 245 cm³/mol. The molecule has 0 bridgehead atoms. The molecule has 0 saturated carbocycles. The minimum atomic E-state index is -1.13. The topological polar surface area (TPSA) is 137 Å². The van der Waals surface area contributed by atoms with Gasteiger partial charge < -0.3 is 40.2 Å². The fourth-order valence-corrected chi connectivity index (χ4v) is 9.44. The van der Waals surface area contributed by atoms with Crippen molar-refractivity contribution in [3.05, 3.63) is 217 Å². The fourth-order valence-electron chi connectivity index (χ4n) is 9.44. The second kappa shape index (κ2) is 14.5. The lowest BCUT2D eigenvalue weighted by Crippen LogP contribution is -2.36. The van der Waals surface area contributed by atoms with E-state index in [1.807, 2.05) is 158 Å². The first-order chi connectivity index (χ1) is 30.9. The molecule has 0 radical (unpaired) electrons. The number of fused-ring (bicyclic) bond motifs is 9. The molecular weight excluding hydrogens is 787 g/mol. The Balaban J connectivity index is 1.30. The van der Waals surface area contributed by atoms with Crippen molar-refractivity contribution in [2.24, 2.45) is 0 Å². The van der Waals surface area contributed by atoms with Gasteiger partial charge in [-0.2, -0.15) is 0 Å². The molecule has 2 aliphatic rings. The van der Waals surface area contributed by atoms with Crippen LogP contribution in [0, 0.1) is 0 Å². The summed E-state index contributed by atoms with van der Waals surface area (Å²) < 4.78 is 0. The van der Waals surface area contributed by atoms with E-state index in [-0.39, 0.29) is 5.69 Å². The summed E-state index contributed by atoms with van der Waals surface area (Å²) >= 11 is 0. The van der Waals surface area contributed by atoms with Gasteiger partial charge in [0.1, 0.15) is 5.69 Å². The van der Waals surface area contributed by atoms with E-state index < -0.39 is 34.2 Å². The van der Waals surface area contributed by atoms with E-state index in [4.69, 9.17) is 9.97 Å². The van der Waals surface area contributed by atoms with Crippen molar-refractivity contribution in [1.82, 2.24) is 9.97 Å². The molecule has 63 heavy (non-hydrogen) atoms. The molecule has 9 aromatic rings. The monoisotopic (exact) mass is 823 g/mol. The molecule has 0 saturated heterocycles. The number of anilines is 9. The summed E-state index contributed by atoms with van der Waals surface area (Å²) in [4.78, 5) is 15.9. The lowest BCUT2D eigenvalue weighted by molar-refractivity contribution is 0.329. The number of hydrogen-bond donors (Lipinski definition) is 5. The maximum absolute atomic E-state index is 11.8. The van der Waals surface area contributed by atoms with Gasteiger partial charge in [0, 0.05) is 46.5 Å². The number of hydrogen-bond acceptors (Lipinski definition) is 10. The predicted octanol–water partition coefficient (Wildman–Crippen LogP) is 12.1. The standard InChI is InChI=1S/C53H37N5O5/c59-48-47(49(60)51(62)52(63)50(48)61)58-43-27-25-37(56(33-15-5-1-6-16-33)34-17-7-2-8-18-34)31-41(43)53(39-23-13-29-54-45(39)46-40(53)24-14-30-55-46)42-32-38(26-28-44(42)58)57(35-19-9-3-10-20-35)36-21-11-4-12-22-36/h1-32,59-63H. The molecule has 3 heterocycles. The number of aromatic nitrogens is 2. The highest BCUT2D eigenvalue weighted by Crippen LogP contribution is 2.67. The second-order valence-electron chi connectivity index (χ2n) is 15.4. The number of pyridine rings is 2. The lowest BCUT2D eigenvalue weighted by Gasteiger charge is -2.45. The van der Waals surface area contributed by atoms with E-state index in [1.165, 1.54) is 0 Å². The number of benzene rings is 7. The number of phenolic OH excluding ortho intramolecular Hbond substituents is 5. The van der Waals surface area contributed by atoms with Gasteiger partial charge >= 0.3 is 0 Å². The Morgan fingerprint density at radius 2 is 0.698 bits per heavy atom. The Morgan fingerprint density at radius 3 is 1.06 bits per heavy atom. The molecule has 304 valence electrons. The van der Waals surface area contributed by atoms with Gasteiger partial charge in [-0.3, -0.25) is 9.97 Å². The average molecular weight is 824 g/mol. The first-order valence-electron chi connectivity index (χ1n) is 20.4. The summed E-state index contributed by atoms with van der Waals surface area (Å²) in [5, 5.41) is 56.4. The summed E-state index contributed by atoms with van der Waals surface area (Å²) in [6.07, 6.45) is 3.52. The van der Waals surface area contributed by atoms with Crippen LogP contribution < -0.4 is 14.7 Å². The third-order valence-corrected chi connectivity index (χ3v) is 12.0. The minimum absolute atomic E-state index is 0.331. The molecule has 1 spiro atoms. The zero-order chi connectivity index (χ0) is 42.8. The van der Waals surface area contributed by atoms with Crippen LogP contribution in [-0.2, 0) is 5.41 Å². The summed E-state index contributed by atoms with van der Waals surface area (Å²) in [5.41, 5.74) is 9.34. The summed E-state index contributed by atoms with van der Waals surface area (Å²) in [5.74, 6) is -4.68. The Bertz CT molecular complexity index is 2920. The second-order valence-corrected chi connectivity index (χ2v) is 15.4. The van der Waals surface area contributed by atoms with E-state index >= 15 is 0 Å². The maximum atomic E-state index is 11.8. The maximum Gasteiger partial charge on any atom is 0.208 e. The molecular formula is C53H37N5O5. The van der Waals surface area contributed by atoms with Crippen molar-refractivity contribution >= 4 is 51.2 Å². The van der Waals surface area contributed by atoms with Gasteiger partial charge in [0.15, 0.2) is 11.5 Å². The highest BCUT2D eigenvalue weighted by Gasteiger charge is 2.54. The first-order valence-corrected chi connectivity index (χ1v) is 20.4. The largest absolute Gasteiger partial charge is 0.503 e. The van der Waals surface area contributed by atoms with Gasteiger partial charge in [-0.05, 0) is 119 Å². The van der Waals surface area contributed by atoms with Crippen LogP contribution in [0.15, 0.2) is 194 Å². The molecule has 1 aliphatic carbocycles. The van der Waals surface area contributed by atoms with Crippen LogP contribution in [0.25, 0.3) is 11.4 Å². The Morgan fingerprint density at radius 1 is 0.349 bits per heavy atom. The third kappa shape index (κ3) is 5.51. The van der Waals surface area contributed by atoms with Crippen molar-refractivity contribution in [2.45, 2.75) is 5.41 Å². The van der Waals surface area contributed by atoms with Gasteiger partial charge in [-0.25, -0.2) is 0 Å². The normalized spacial score (nSPS) is 12.9. The summed E-state index contributed by atoms with van der Waals surface area (Å²) in [6.45, 7) is 0. The molecule has 0 amide bonds. The molecule has 5 N–H and O–H groups in total. The molecule has 10 nitrogen and oxygen atoms in total. The molecule has 2 aromatic heterocycles. The number of rotatable bonds is 7. The third-order valence-electron chi connectivity index (χ3n) is 12.0. The van der Waals surface area contributed by atoms with Crippen molar-refractivity contribution in [3.63, 3.8) is 0 Å². The van der Waals surface area contributed by atoms with E-state index in [2.05, 4.69) is 34.1 Å². The van der Waals surface area contributed by atoms with E-state index in [0.29, 0.717) is 22.8 Å². The van der Waals surface area contributed by atoms with Gasteiger partial charge in [0.25, 0.3) is 0 Å². The molecule has 0 unspecified atom stereocenters. The first kappa shape index (κ1) is 37.3. The Hall–Kier alpha value is -8.76. The smallest absolute Gasteiger partial charge is 0.208 e. The van der Waals surface area contributed by atoms with Crippen LogP contribution >= 0.6 is 0 Å². The number of phenols is 5. The van der Waals surface area contributed by atoms with Gasteiger partial charge in [0.2, 0.25) is 17.2 Å². The Labute approximate surface area is 362 Å². The molecule has 0 fully saturated rings. The summed E-state index contributed by atoms with van der Waals surface area (Å²) in [6, 6.07) is 60.1. The van der Waals surface area contributed by atoms with Crippen LogP contribution in [-0.4, -0.2) is 35.5 Å². The quantitative estimate of drug-likeness (QED) is 0.0780. The lowest BCUT2D eigenvalue weighted by atomic mass is 9.64. The molecule has 11 rings (SSSR count). The SMILES string of the molecule is Oc1c(O)c(O)c(N2c3ccc(N(c4ccccc4)c4ccccc4)cc3C3(c4cc(N(c5ccccc5)c5ccccc5)ccc42)c2cccnc2-c2ncccc23)c(O)c1O. The zero-order valence-corrected chi connectivity index (χ0v) is 33.4. The highest BCUT2D eigenvalue weighted by atomic mass is 16.4. The van der Waals surface area contributed by atoms with Crippen LogP contribution in [0.3, 0.4) is 0 Å². The number of aromatic hydroxyl groups is 5. The molecule has 1 aliphatic heterocycles. The average Bonchev–Trinajstić information content (AvgIpc) is 3.63. The van der Waals surface area contributed by atoms with Gasteiger partial charge in [-0.15, -0.1) is 0 Å². The number of para-hydroxylation sites is 4. The van der Waals surface area contributed by atoms with Gasteiger partial charge in [0.05, 0.1) is 28.2 Å². The molecule has 7 aromatic carbocycles. The van der Waals surface area contributed by atoms with Crippen molar-refractivity contribution < 1.29 is 25.5 Å². The van der Waals surface area contributed by atoms with Crippen LogP contribution in [0.4, 0.5) is 51.2 Å². The van der Waals surface area contributed by atoms with E-state index in [9.17, 15) is 25.5 Å². The van der Waals surface area contributed by atoms with E-state index in [0.717, 1.165) is 56.4 Å².